The first-order valence-electron chi connectivity index (χ1n) is 2.67. The molecule has 0 bridgehead atoms. The fourth-order valence-corrected chi connectivity index (χ4v) is 0.728. The molecule has 0 spiro atoms. The maximum absolute atomic E-state index is 3.07. The van der Waals surface area contributed by atoms with Crippen molar-refractivity contribution in [3.05, 3.63) is 11.8 Å². The molecule has 0 amide bonds. The molecule has 0 saturated heterocycles. The van der Waals surface area contributed by atoms with Crippen LogP contribution in [-0.2, 0) is 0 Å². The van der Waals surface area contributed by atoms with Gasteiger partial charge in [-0.25, -0.2) is 0 Å². The highest BCUT2D eigenvalue weighted by molar-refractivity contribution is 6.16. The fraction of sp³-hybridized carbons (Fsp3) is 0.600. The van der Waals surface area contributed by atoms with Crippen molar-refractivity contribution in [3.63, 3.8) is 0 Å². The lowest BCUT2D eigenvalue weighted by Gasteiger charge is -1.87. The Bertz CT molecular complexity index is 52.0. The van der Waals surface area contributed by atoms with Crippen molar-refractivity contribution >= 4 is 10.2 Å². The monoisotopic (exact) mass is 115 g/mol. The highest BCUT2D eigenvalue weighted by Crippen LogP contribution is 1.74. The Balaban J connectivity index is 2.69. The molecule has 1 nitrogen and oxygen atoms in total. The van der Waals surface area contributed by atoms with E-state index in [9.17, 15) is 0 Å². The lowest BCUT2D eigenvalue weighted by molar-refractivity contribution is 0.808. The van der Waals surface area contributed by atoms with Gasteiger partial charge in [-0.3, -0.25) is 0 Å². The van der Waals surface area contributed by atoms with Crippen molar-refractivity contribution < 1.29 is 0 Å². The Hall–Kier alpha value is -0.0831. The average molecular weight is 115 g/mol. The van der Waals surface area contributed by atoms with E-state index >= 15 is 0 Å². The largest absolute Gasteiger partial charge is 0.319 e. The van der Waals surface area contributed by atoms with Gasteiger partial charge >= 0.3 is 0 Å². The molecule has 0 unspecified atom stereocenters. The van der Waals surface area contributed by atoms with Gasteiger partial charge in [0.25, 0.3) is 0 Å². The highest BCUT2D eigenvalue weighted by atomic mass is 28.1. The van der Waals surface area contributed by atoms with Crippen LogP contribution in [0.15, 0.2) is 11.8 Å². The minimum Gasteiger partial charge on any atom is -0.319 e. The first-order chi connectivity index (χ1) is 3.41. The number of rotatable bonds is 3. The molecule has 0 heterocycles. The SMILES string of the molecule is CNCCC=C[SiH3]. The zero-order valence-electron chi connectivity index (χ0n) is 5.07. The van der Waals surface area contributed by atoms with Crippen LogP contribution in [0.25, 0.3) is 0 Å². The standard InChI is InChI=1S/C5H13NSi/c1-6-4-2-3-5-7/h3,5-6H,2,4H2,1,7H3. The third kappa shape index (κ3) is 5.92. The van der Waals surface area contributed by atoms with Gasteiger partial charge < -0.3 is 5.32 Å². The van der Waals surface area contributed by atoms with Gasteiger partial charge in [-0.05, 0) is 20.0 Å². The summed E-state index contributed by atoms with van der Waals surface area (Å²) in [5, 5.41) is 3.07. The van der Waals surface area contributed by atoms with Gasteiger partial charge in [-0.2, -0.15) is 0 Å². The predicted octanol–water partition coefficient (Wildman–Crippen LogP) is -0.525. The maximum Gasteiger partial charge on any atom is 0.0287 e. The summed E-state index contributed by atoms with van der Waals surface area (Å²) in [7, 11) is 3.17. The second-order valence-electron chi connectivity index (χ2n) is 1.46. The van der Waals surface area contributed by atoms with Crippen molar-refractivity contribution in [2.24, 2.45) is 0 Å². The van der Waals surface area contributed by atoms with E-state index in [-0.39, 0.29) is 0 Å². The summed E-state index contributed by atoms with van der Waals surface area (Å²) in [4.78, 5) is 0. The zero-order chi connectivity index (χ0) is 5.54. The molecule has 0 aromatic rings. The van der Waals surface area contributed by atoms with Gasteiger partial charge in [-0.1, -0.05) is 6.08 Å². The molecule has 0 rings (SSSR count). The molecule has 0 aliphatic rings. The Morgan fingerprint density at radius 3 is 2.86 bits per heavy atom. The average Bonchev–Trinajstić information content (AvgIpc) is 1.69. The molecular formula is C5H13NSi. The van der Waals surface area contributed by atoms with E-state index in [0.29, 0.717) is 0 Å². The van der Waals surface area contributed by atoms with E-state index in [0.717, 1.165) is 6.54 Å². The van der Waals surface area contributed by atoms with Crippen molar-refractivity contribution in [1.29, 1.82) is 0 Å². The first kappa shape index (κ1) is 6.92. The van der Waals surface area contributed by atoms with Gasteiger partial charge in [0.1, 0.15) is 0 Å². The quantitative estimate of drug-likeness (QED) is 0.385. The molecule has 0 aliphatic carbocycles. The van der Waals surface area contributed by atoms with Crippen LogP contribution in [0.2, 0.25) is 0 Å². The van der Waals surface area contributed by atoms with Crippen LogP contribution >= 0.6 is 0 Å². The van der Waals surface area contributed by atoms with Crippen LogP contribution in [-0.4, -0.2) is 23.8 Å². The van der Waals surface area contributed by atoms with Crippen LogP contribution < -0.4 is 5.32 Å². The van der Waals surface area contributed by atoms with Crippen molar-refractivity contribution in [3.8, 4) is 0 Å². The van der Waals surface area contributed by atoms with Crippen LogP contribution in [0.5, 0.6) is 0 Å². The summed E-state index contributed by atoms with van der Waals surface area (Å²) in [5.41, 5.74) is 2.21. The molecule has 0 aliphatic heterocycles. The van der Waals surface area contributed by atoms with Crippen molar-refractivity contribution in [2.75, 3.05) is 13.6 Å². The molecule has 0 aromatic carbocycles. The highest BCUT2D eigenvalue weighted by Gasteiger charge is 1.70. The summed E-state index contributed by atoms with van der Waals surface area (Å²) in [6.45, 7) is 1.11. The fourth-order valence-electron chi connectivity index (χ4n) is 0.394. The second kappa shape index (κ2) is 5.92. The van der Waals surface area contributed by atoms with Gasteiger partial charge in [0.05, 0.1) is 0 Å². The lowest BCUT2D eigenvalue weighted by atomic mass is 10.4. The Morgan fingerprint density at radius 1 is 1.71 bits per heavy atom. The Labute approximate surface area is 48.2 Å². The maximum atomic E-state index is 3.07. The van der Waals surface area contributed by atoms with Gasteiger partial charge in [0.15, 0.2) is 0 Å². The lowest BCUT2D eigenvalue weighted by Crippen LogP contribution is -2.05. The zero-order valence-corrected chi connectivity index (χ0v) is 7.07. The normalized spacial score (nSPS) is 11.0. The van der Waals surface area contributed by atoms with E-state index in [1.54, 1.807) is 0 Å². The Morgan fingerprint density at radius 2 is 2.43 bits per heavy atom. The third-order valence-electron chi connectivity index (χ3n) is 0.797. The van der Waals surface area contributed by atoms with Crippen LogP contribution in [0.4, 0.5) is 0 Å². The number of hydrogen-bond acceptors (Lipinski definition) is 1. The van der Waals surface area contributed by atoms with Gasteiger partial charge in [0.2, 0.25) is 0 Å². The summed E-state index contributed by atoms with van der Waals surface area (Å²) >= 11 is 0. The molecule has 0 aromatic heterocycles. The van der Waals surface area contributed by atoms with Gasteiger partial charge in [-0.15, -0.1) is 5.70 Å². The van der Waals surface area contributed by atoms with E-state index in [1.165, 1.54) is 16.7 Å². The molecule has 0 atom stereocenters. The minimum absolute atomic E-state index is 1.11. The van der Waals surface area contributed by atoms with E-state index in [2.05, 4.69) is 17.1 Å². The predicted molar refractivity (Wildman–Crippen MR) is 37.6 cm³/mol. The third-order valence-corrected chi connectivity index (χ3v) is 1.27. The van der Waals surface area contributed by atoms with Crippen LogP contribution in [0.1, 0.15) is 6.42 Å². The van der Waals surface area contributed by atoms with Crippen molar-refractivity contribution in [2.45, 2.75) is 6.42 Å². The summed E-state index contributed by atoms with van der Waals surface area (Å²) in [6.07, 6.45) is 3.39. The van der Waals surface area contributed by atoms with Crippen molar-refractivity contribution in [1.82, 2.24) is 5.32 Å². The molecule has 0 saturated carbocycles. The first-order valence-corrected chi connectivity index (χ1v) is 3.83. The molecule has 7 heavy (non-hydrogen) atoms. The smallest absolute Gasteiger partial charge is 0.0287 e. The van der Waals surface area contributed by atoms with Crippen LogP contribution in [0.3, 0.4) is 0 Å². The second-order valence-corrected chi connectivity index (χ2v) is 2.13. The minimum atomic E-state index is 1.11. The molecule has 42 valence electrons. The van der Waals surface area contributed by atoms with Gasteiger partial charge in [0, 0.05) is 10.2 Å². The molecule has 1 N–H and O–H groups in total. The number of nitrogens with one attached hydrogen (secondary N) is 1. The topological polar surface area (TPSA) is 12.0 Å². The molecule has 0 fully saturated rings. The Kier molecular flexibility index (Phi) is 5.85. The number of hydrogen-bond donors (Lipinski definition) is 1. The summed E-state index contributed by atoms with van der Waals surface area (Å²) < 4.78 is 0. The molecule has 2 heteroatoms. The molecule has 0 radical (unpaired) electrons. The van der Waals surface area contributed by atoms with Crippen LogP contribution in [0, 0.1) is 0 Å². The summed E-state index contributed by atoms with van der Waals surface area (Å²) in [6, 6.07) is 0. The van der Waals surface area contributed by atoms with E-state index in [4.69, 9.17) is 0 Å². The van der Waals surface area contributed by atoms with E-state index < -0.39 is 0 Å². The summed E-state index contributed by atoms with van der Waals surface area (Å²) in [5.74, 6) is 0. The van der Waals surface area contributed by atoms with E-state index in [1.807, 2.05) is 7.05 Å². The molecular weight excluding hydrogens is 102 g/mol.